The van der Waals surface area contributed by atoms with Crippen LogP contribution in [0.15, 0.2) is 209 Å². The van der Waals surface area contributed by atoms with Crippen molar-refractivity contribution in [2.75, 3.05) is 57.4 Å². The number of amides is 5. The van der Waals surface area contributed by atoms with E-state index in [0.717, 1.165) is 50.2 Å². The largest absolute Gasteiger partial charge is 1.00 e. The molecule has 2 aliphatic rings. The number of carbonyl (C=O) groups excluding carboxylic acids is 5. The molecule has 2 aliphatic heterocycles. The van der Waals surface area contributed by atoms with Crippen molar-refractivity contribution in [2.24, 2.45) is 0 Å². The van der Waals surface area contributed by atoms with Crippen LogP contribution < -0.4 is 24.8 Å². The molecule has 8 rings (SSSR count). The van der Waals surface area contributed by atoms with Crippen molar-refractivity contribution >= 4 is 100 Å². The summed E-state index contributed by atoms with van der Waals surface area (Å²) in [6.07, 6.45) is -0.982. The van der Waals surface area contributed by atoms with Crippen LogP contribution in [0.25, 0.3) is 0 Å². The number of nitrogens with two attached hydrogens (primary N) is 1. The number of nitrogens with zero attached hydrogens (tertiary/aromatic N) is 2. The fourth-order valence-electron chi connectivity index (χ4n) is 6.27. The summed E-state index contributed by atoms with van der Waals surface area (Å²) in [5, 5.41) is 16.9. The van der Waals surface area contributed by atoms with Crippen molar-refractivity contribution in [1.29, 1.82) is 0 Å². The van der Waals surface area contributed by atoms with Gasteiger partial charge >= 0.3 is 18.0 Å². The number of anilines is 2. The average molecular weight is 1140 g/mol. The summed E-state index contributed by atoms with van der Waals surface area (Å²) in [6.45, 7) is 0.173. The number of carboxylic acid groups (broad SMARTS) is 2. The predicted octanol–water partition coefficient (Wildman–Crippen LogP) is 7.59. The molecule has 78 heavy (non-hydrogen) atoms. The minimum Gasteiger partial charge on any atom is -1.00 e. The van der Waals surface area contributed by atoms with E-state index in [4.69, 9.17) is 34.9 Å². The van der Waals surface area contributed by atoms with Gasteiger partial charge in [-0.15, -0.1) is 0 Å². The van der Waals surface area contributed by atoms with Gasteiger partial charge in [-0.25, -0.2) is 19.3 Å². The predicted molar refractivity (Wildman–Crippen MR) is 298 cm³/mol. The number of imide groups is 4. The maximum atomic E-state index is 13.4. The Hall–Kier alpha value is -7.86. The van der Waals surface area contributed by atoms with Crippen LogP contribution in [0.1, 0.15) is 7.43 Å². The molecule has 17 nitrogen and oxygen atoms in total. The Balaban J connectivity index is 0.000000326. The first-order chi connectivity index (χ1) is 36.3. The maximum Gasteiger partial charge on any atom is 0.423 e. The number of methoxy groups -OCH3 is 1. The molecule has 0 aromatic heterocycles. The molecule has 0 atom stereocenters. The first-order valence-corrected chi connectivity index (χ1v) is 25.7. The molecule has 410 valence electrons. The summed E-state index contributed by atoms with van der Waals surface area (Å²) in [5.74, 6) is -2.91. The Labute approximate surface area is 467 Å². The quantitative estimate of drug-likeness (QED) is 0.0272. The maximum absolute atomic E-state index is 13.4. The van der Waals surface area contributed by atoms with E-state index in [9.17, 15) is 33.6 Å². The molecule has 0 saturated heterocycles. The summed E-state index contributed by atoms with van der Waals surface area (Å²) in [5.41, 5.74) is 6.60. The van der Waals surface area contributed by atoms with Crippen LogP contribution in [-0.4, -0.2) is 104 Å². The number of nitrogen functional groups attached to an aromatic ring is 1. The third-order valence-electron chi connectivity index (χ3n) is 9.63. The Kier molecular flexibility index (Phi) is 27.5. The smallest absolute Gasteiger partial charge is 0.423 e. The van der Waals surface area contributed by atoms with Gasteiger partial charge in [-0.3, -0.25) is 19.2 Å². The molecule has 0 aliphatic carbocycles. The number of hydrogen-bond donors (Lipinski definition) is 3. The summed E-state index contributed by atoms with van der Waals surface area (Å²) in [6, 6.07) is 50.9. The minimum absolute atomic E-state index is 0. The zero-order valence-electron chi connectivity index (χ0n) is 41.2. The molecular formula is C56H54FN3O14S4-2. The van der Waals surface area contributed by atoms with Crippen LogP contribution >= 0.6 is 47.0 Å². The Bertz CT molecular complexity index is 2870. The lowest BCUT2D eigenvalue weighted by molar-refractivity contribution is -0.143. The summed E-state index contributed by atoms with van der Waals surface area (Å²) in [4.78, 5) is 90.8. The van der Waals surface area contributed by atoms with Crippen molar-refractivity contribution in [2.45, 2.75) is 27.0 Å². The highest BCUT2D eigenvalue weighted by Gasteiger charge is 2.44. The van der Waals surface area contributed by atoms with Gasteiger partial charge in [-0.1, -0.05) is 127 Å². The second-order valence-electron chi connectivity index (χ2n) is 15.0. The topological polar surface area (TPSA) is 239 Å². The van der Waals surface area contributed by atoms with E-state index in [1.165, 1.54) is 28.4 Å². The molecule has 0 unspecified atom stereocenters. The van der Waals surface area contributed by atoms with Gasteiger partial charge in [0.1, 0.15) is 37.9 Å². The van der Waals surface area contributed by atoms with Gasteiger partial charge < -0.3 is 51.8 Å². The number of halogens is 1. The fourth-order valence-corrected chi connectivity index (χ4v) is 10.3. The zero-order valence-corrected chi connectivity index (χ0v) is 44.5. The van der Waals surface area contributed by atoms with Crippen LogP contribution in [0.2, 0.25) is 0 Å². The van der Waals surface area contributed by atoms with Gasteiger partial charge in [0, 0.05) is 25.3 Å². The molecule has 2 heterocycles. The molecule has 0 bridgehead atoms. The van der Waals surface area contributed by atoms with Crippen LogP contribution in [0.4, 0.5) is 16.2 Å². The van der Waals surface area contributed by atoms with E-state index in [1.54, 1.807) is 48.5 Å². The van der Waals surface area contributed by atoms with E-state index >= 15 is 0 Å². The number of hydrogen-bond acceptors (Lipinski definition) is 17. The monoisotopic (exact) mass is 1140 g/mol. The number of ether oxygens (including phenoxy) is 5. The molecule has 0 radical (unpaired) electrons. The lowest BCUT2D eigenvalue weighted by atomic mass is 10.3. The molecule has 0 fully saturated rings. The highest BCUT2D eigenvalue weighted by molar-refractivity contribution is 8.08. The van der Waals surface area contributed by atoms with Crippen molar-refractivity contribution in [3.05, 3.63) is 197 Å². The highest BCUT2D eigenvalue weighted by atomic mass is 32.2. The molecule has 22 heteroatoms. The van der Waals surface area contributed by atoms with Crippen LogP contribution in [0, 0.1) is 7.43 Å². The molecule has 6 aromatic rings. The van der Waals surface area contributed by atoms with Gasteiger partial charge in [-0.2, -0.15) is 4.90 Å². The molecule has 4 N–H and O–H groups in total. The number of carbonyl (C=O) groups is 7. The second kappa shape index (κ2) is 33.3. The SMILES string of the molecule is C.COC(=O)N1C(=O)C(Sc2ccccc2)=C(Sc2ccccc2)C1=O.Nc1ccc(OCCOCC(=O)O)cc1.O=C(O)COCCOc1ccc(N2C(=O)C(Sc3ccccc3)=C(Sc3ccccc3)C2=O)cc1.[CH3-].[F-]. The van der Waals surface area contributed by atoms with Crippen LogP contribution in [0.3, 0.4) is 0 Å². The molecule has 0 saturated carbocycles. The molecular weight excluding hydrogens is 1090 g/mol. The van der Waals surface area contributed by atoms with E-state index in [-0.39, 0.29) is 74.2 Å². The van der Waals surface area contributed by atoms with Crippen LogP contribution in [-0.2, 0) is 43.0 Å². The molecule has 6 aromatic carbocycles. The normalized spacial score (nSPS) is 12.5. The fraction of sp³-hybridized carbons (Fsp3) is 0.143. The Morgan fingerprint density at radius 2 is 0.782 bits per heavy atom. The Morgan fingerprint density at radius 3 is 1.09 bits per heavy atom. The first kappa shape index (κ1) is 64.4. The van der Waals surface area contributed by atoms with Gasteiger partial charge in [0.05, 0.1) is 45.6 Å². The second-order valence-corrected chi connectivity index (χ2v) is 19.3. The number of carboxylic acids is 2. The van der Waals surface area contributed by atoms with E-state index in [0.29, 0.717) is 44.2 Å². The van der Waals surface area contributed by atoms with Crippen molar-refractivity contribution in [3.8, 4) is 11.5 Å². The van der Waals surface area contributed by atoms with E-state index in [1.807, 2.05) is 121 Å². The summed E-state index contributed by atoms with van der Waals surface area (Å²) < 4.78 is 25.1. The zero-order chi connectivity index (χ0) is 53.5. The van der Waals surface area contributed by atoms with E-state index < -0.39 is 29.8 Å². The van der Waals surface area contributed by atoms with Crippen LogP contribution in [0.5, 0.6) is 11.5 Å². The lowest BCUT2D eigenvalue weighted by Crippen LogP contribution is -3.00. The van der Waals surface area contributed by atoms with E-state index in [2.05, 4.69) is 4.74 Å². The Morgan fingerprint density at radius 1 is 0.474 bits per heavy atom. The third-order valence-corrected chi connectivity index (χ3v) is 14.3. The third kappa shape index (κ3) is 19.3. The standard InChI is InChI=1S/C26H21NO6S2.C18H13NO4S2.C10H13NO4.CH4.CH3.FH/c28-22(29)17-32-15-16-33-19-13-11-18(12-14-19)27-25(30)23(34-20-7-3-1-4-8-20)24(26(27)31)35-21-9-5-2-6-10-21;1-23-18(22)19-16(20)14(24-12-8-4-2-5-9-12)15(17(19)21)25-13-10-6-3-7-11-13;11-8-1-3-9(4-2-8)15-6-5-14-7-10(12)13;;;/h1-14H,15-17H2,(H,28,29);2-11H,1H3;1-4H,5-7,11H2,(H,12,13);1H4;1H3;1H/q;;;;-1;/p-1. The van der Waals surface area contributed by atoms with Gasteiger partial charge in [0.15, 0.2) is 0 Å². The number of rotatable bonds is 21. The highest BCUT2D eigenvalue weighted by Crippen LogP contribution is 2.45. The average Bonchev–Trinajstić information content (AvgIpc) is 3.79. The van der Waals surface area contributed by atoms with Crippen molar-refractivity contribution in [3.63, 3.8) is 0 Å². The first-order valence-electron chi connectivity index (χ1n) is 22.4. The van der Waals surface area contributed by atoms with Gasteiger partial charge in [0.25, 0.3) is 23.6 Å². The summed E-state index contributed by atoms with van der Waals surface area (Å²) >= 11 is 4.87. The number of thioether (sulfide) groups is 4. The number of aliphatic carboxylic acids is 2. The molecule has 5 amide bonds. The van der Waals surface area contributed by atoms with Crippen molar-refractivity contribution < 1.29 is 72.2 Å². The summed E-state index contributed by atoms with van der Waals surface area (Å²) in [7, 11) is 1.13. The molecule has 0 spiro atoms. The van der Waals surface area contributed by atoms with Crippen molar-refractivity contribution in [1.82, 2.24) is 4.90 Å². The lowest BCUT2D eigenvalue weighted by Gasteiger charge is -2.16. The van der Waals surface area contributed by atoms with Gasteiger partial charge in [-0.05, 0) is 97.1 Å². The minimum atomic E-state index is -1.04. The number of benzene rings is 6. The van der Waals surface area contributed by atoms with Gasteiger partial charge in [0.2, 0.25) is 0 Å².